The highest BCUT2D eigenvalue weighted by molar-refractivity contribution is 5.67. The molecular weight excluding hydrogens is 252 g/mol. The number of carbonyl (C=O) groups is 1. The molecule has 1 aromatic rings. The van der Waals surface area contributed by atoms with Crippen LogP contribution in [-0.4, -0.2) is 30.8 Å². The number of hydrogen-bond donors (Lipinski definition) is 2. The number of carbonyl (C=O) groups excluding carboxylic acids is 1. The second-order valence-corrected chi connectivity index (χ2v) is 5.97. The molecular formula is C16H26N2O2. The van der Waals surface area contributed by atoms with Gasteiger partial charge >= 0.3 is 6.09 Å². The number of ether oxygens (including phenoxy) is 1. The monoisotopic (exact) mass is 278 g/mol. The normalized spacial score (nSPS) is 12.8. The van der Waals surface area contributed by atoms with Crippen LogP contribution in [0.3, 0.4) is 0 Å². The largest absolute Gasteiger partial charge is 0.444 e. The van der Waals surface area contributed by atoms with E-state index in [1.807, 2.05) is 39.0 Å². The van der Waals surface area contributed by atoms with Gasteiger partial charge in [0.05, 0.1) is 0 Å². The molecule has 0 fully saturated rings. The van der Waals surface area contributed by atoms with Crippen molar-refractivity contribution in [3.05, 3.63) is 35.9 Å². The lowest BCUT2D eigenvalue weighted by Crippen LogP contribution is -2.39. The van der Waals surface area contributed by atoms with Gasteiger partial charge in [0, 0.05) is 19.1 Å². The van der Waals surface area contributed by atoms with Crippen LogP contribution in [-0.2, 0) is 11.2 Å². The standard InChI is InChI=1S/C16H26N2O2/c1-13(12-14-8-6-5-7-9-14)17-10-11-18-15(19)20-16(2,3)4/h5-9,13,17H,10-12H2,1-4H3,(H,18,19). The Morgan fingerprint density at radius 2 is 1.85 bits per heavy atom. The van der Waals surface area contributed by atoms with Crippen LogP contribution in [0, 0.1) is 0 Å². The highest BCUT2D eigenvalue weighted by atomic mass is 16.6. The number of amides is 1. The van der Waals surface area contributed by atoms with Gasteiger partial charge in [0.15, 0.2) is 0 Å². The van der Waals surface area contributed by atoms with E-state index in [2.05, 4.69) is 29.7 Å². The van der Waals surface area contributed by atoms with Gasteiger partial charge in [-0.2, -0.15) is 0 Å². The van der Waals surface area contributed by atoms with Gasteiger partial charge in [-0.25, -0.2) is 4.79 Å². The minimum absolute atomic E-state index is 0.366. The lowest BCUT2D eigenvalue weighted by Gasteiger charge is -2.20. The van der Waals surface area contributed by atoms with E-state index in [0.717, 1.165) is 13.0 Å². The first kappa shape index (κ1) is 16.5. The van der Waals surface area contributed by atoms with Crippen LogP contribution in [0.4, 0.5) is 4.79 Å². The summed E-state index contributed by atoms with van der Waals surface area (Å²) in [7, 11) is 0. The maximum atomic E-state index is 11.4. The molecule has 4 heteroatoms. The Morgan fingerprint density at radius 3 is 2.45 bits per heavy atom. The number of rotatable bonds is 6. The summed E-state index contributed by atoms with van der Waals surface area (Å²) in [6, 6.07) is 10.7. The van der Waals surface area contributed by atoms with Crippen LogP contribution >= 0.6 is 0 Å². The van der Waals surface area contributed by atoms with Gasteiger partial charge in [-0.1, -0.05) is 30.3 Å². The molecule has 0 heterocycles. The molecule has 0 aromatic heterocycles. The third kappa shape index (κ3) is 7.79. The van der Waals surface area contributed by atoms with Gasteiger partial charge in [0.1, 0.15) is 5.60 Å². The summed E-state index contributed by atoms with van der Waals surface area (Å²) >= 11 is 0. The van der Waals surface area contributed by atoms with E-state index >= 15 is 0 Å². The summed E-state index contributed by atoms with van der Waals surface area (Å²) in [4.78, 5) is 11.4. The van der Waals surface area contributed by atoms with Crippen LogP contribution in [0.2, 0.25) is 0 Å². The molecule has 1 rings (SSSR count). The summed E-state index contributed by atoms with van der Waals surface area (Å²) < 4.78 is 5.16. The quantitative estimate of drug-likeness (QED) is 0.787. The summed E-state index contributed by atoms with van der Waals surface area (Å²) in [6.07, 6.45) is 0.614. The molecule has 0 bridgehead atoms. The molecule has 112 valence electrons. The molecule has 0 aliphatic heterocycles. The average Bonchev–Trinajstić information content (AvgIpc) is 2.34. The van der Waals surface area contributed by atoms with Crippen LogP contribution in [0.1, 0.15) is 33.3 Å². The molecule has 20 heavy (non-hydrogen) atoms. The number of benzene rings is 1. The Morgan fingerprint density at radius 1 is 1.20 bits per heavy atom. The third-order valence-corrected chi connectivity index (χ3v) is 2.67. The Kier molecular flexibility index (Phi) is 6.52. The van der Waals surface area contributed by atoms with Crippen molar-refractivity contribution < 1.29 is 9.53 Å². The predicted molar refractivity (Wildman–Crippen MR) is 81.8 cm³/mol. The fourth-order valence-electron chi connectivity index (χ4n) is 1.84. The zero-order valence-electron chi connectivity index (χ0n) is 12.9. The van der Waals surface area contributed by atoms with Crippen molar-refractivity contribution in [2.45, 2.75) is 45.8 Å². The minimum atomic E-state index is -0.446. The van der Waals surface area contributed by atoms with Gasteiger partial charge in [-0.3, -0.25) is 0 Å². The van der Waals surface area contributed by atoms with E-state index in [0.29, 0.717) is 12.6 Å². The zero-order valence-corrected chi connectivity index (χ0v) is 12.9. The first-order valence-corrected chi connectivity index (χ1v) is 7.11. The first-order chi connectivity index (χ1) is 9.37. The fourth-order valence-corrected chi connectivity index (χ4v) is 1.84. The van der Waals surface area contributed by atoms with Crippen LogP contribution in [0.25, 0.3) is 0 Å². The molecule has 0 aliphatic rings. The first-order valence-electron chi connectivity index (χ1n) is 7.11. The molecule has 4 nitrogen and oxygen atoms in total. The molecule has 1 aromatic carbocycles. The molecule has 0 aliphatic carbocycles. The molecule has 1 amide bonds. The SMILES string of the molecule is CC(Cc1ccccc1)NCCNC(=O)OC(C)(C)C. The lowest BCUT2D eigenvalue weighted by atomic mass is 10.1. The van der Waals surface area contributed by atoms with E-state index in [-0.39, 0.29) is 6.09 Å². The predicted octanol–water partition coefficient (Wildman–Crippen LogP) is 2.73. The third-order valence-electron chi connectivity index (χ3n) is 2.67. The average molecular weight is 278 g/mol. The molecule has 2 N–H and O–H groups in total. The van der Waals surface area contributed by atoms with Gasteiger partial charge in [-0.05, 0) is 39.7 Å². The van der Waals surface area contributed by atoms with Crippen LogP contribution < -0.4 is 10.6 Å². The van der Waals surface area contributed by atoms with Crippen molar-refractivity contribution in [2.24, 2.45) is 0 Å². The van der Waals surface area contributed by atoms with E-state index in [1.54, 1.807) is 0 Å². The zero-order chi connectivity index (χ0) is 15.0. The maximum Gasteiger partial charge on any atom is 0.407 e. The van der Waals surface area contributed by atoms with E-state index < -0.39 is 5.60 Å². The highest BCUT2D eigenvalue weighted by Crippen LogP contribution is 2.06. The molecule has 0 saturated heterocycles. The smallest absolute Gasteiger partial charge is 0.407 e. The Balaban J connectivity index is 2.13. The maximum absolute atomic E-state index is 11.4. The fraction of sp³-hybridized carbons (Fsp3) is 0.562. The van der Waals surface area contributed by atoms with Crippen molar-refractivity contribution in [3.63, 3.8) is 0 Å². The second-order valence-electron chi connectivity index (χ2n) is 5.97. The Bertz CT molecular complexity index is 399. The summed E-state index contributed by atoms with van der Waals surface area (Å²) in [5.41, 5.74) is 0.866. The van der Waals surface area contributed by atoms with E-state index in [9.17, 15) is 4.79 Å². The lowest BCUT2D eigenvalue weighted by molar-refractivity contribution is 0.0528. The molecule has 0 radical (unpaired) electrons. The number of hydrogen-bond acceptors (Lipinski definition) is 3. The van der Waals surface area contributed by atoms with Gasteiger partial charge in [0.2, 0.25) is 0 Å². The van der Waals surface area contributed by atoms with Crippen molar-refractivity contribution in [1.82, 2.24) is 10.6 Å². The molecule has 1 atom stereocenters. The second kappa shape index (κ2) is 7.90. The van der Waals surface area contributed by atoms with Gasteiger partial charge < -0.3 is 15.4 Å². The minimum Gasteiger partial charge on any atom is -0.444 e. The van der Waals surface area contributed by atoms with Crippen LogP contribution in [0.15, 0.2) is 30.3 Å². The topological polar surface area (TPSA) is 50.4 Å². The van der Waals surface area contributed by atoms with Crippen molar-refractivity contribution in [2.75, 3.05) is 13.1 Å². The molecule has 0 spiro atoms. The molecule has 0 saturated carbocycles. The van der Waals surface area contributed by atoms with Gasteiger partial charge in [0.25, 0.3) is 0 Å². The Hall–Kier alpha value is -1.55. The number of alkyl carbamates (subject to hydrolysis) is 1. The van der Waals surface area contributed by atoms with Crippen molar-refractivity contribution >= 4 is 6.09 Å². The van der Waals surface area contributed by atoms with E-state index in [1.165, 1.54) is 5.56 Å². The van der Waals surface area contributed by atoms with E-state index in [4.69, 9.17) is 4.74 Å². The number of nitrogens with one attached hydrogen (secondary N) is 2. The highest BCUT2D eigenvalue weighted by Gasteiger charge is 2.15. The Labute approximate surface area is 121 Å². The van der Waals surface area contributed by atoms with Crippen molar-refractivity contribution in [3.8, 4) is 0 Å². The van der Waals surface area contributed by atoms with Crippen molar-refractivity contribution in [1.29, 1.82) is 0 Å². The summed E-state index contributed by atoms with van der Waals surface area (Å²) in [5.74, 6) is 0. The summed E-state index contributed by atoms with van der Waals surface area (Å²) in [5, 5.41) is 6.11. The van der Waals surface area contributed by atoms with Crippen LogP contribution in [0.5, 0.6) is 0 Å². The van der Waals surface area contributed by atoms with Gasteiger partial charge in [-0.15, -0.1) is 0 Å². The molecule has 1 unspecified atom stereocenters. The summed E-state index contributed by atoms with van der Waals surface area (Å²) in [6.45, 7) is 8.99.